The molecular weight excluding hydrogens is 264 g/mol. The van der Waals surface area contributed by atoms with Gasteiger partial charge in [0.25, 0.3) is 0 Å². The van der Waals surface area contributed by atoms with Gasteiger partial charge in [0, 0.05) is 0 Å². The van der Waals surface area contributed by atoms with Crippen molar-refractivity contribution >= 4 is 18.4 Å². The molecule has 0 saturated carbocycles. The van der Waals surface area contributed by atoms with Crippen LogP contribution in [0.3, 0.4) is 0 Å². The SMILES string of the molecule is COC(=O)c1cncn1C(C)c1ccc(C)cc1.Cl. The van der Waals surface area contributed by atoms with Gasteiger partial charge >= 0.3 is 5.97 Å². The maximum Gasteiger partial charge on any atom is 0.356 e. The van der Waals surface area contributed by atoms with Crippen molar-refractivity contribution in [2.45, 2.75) is 19.9 Å². The van der Waals surface area contributed by atoms with E-state index in [9.17, 15) is 4.79 Å². The Kier molecular flexibility index (Phi) is 5.12. The largest absolute Gasteiger partial charge is 0.464 e. The van der Waals surface area contributed by atoms with E-state index in [0.717, 1.165) is 5.56 Å². The van der Waals surface area contributed by atoms with Gasteiger partial charge in [-0.15, -0.1) is 12.4 Å². The molecule has 0 bridgehead atoms. The summed E-state index contributed by atoms with van der Waals surface area (Å²) in [6, 6.07) is 8.27. The molecule has 0 aliphatic heterocycles. The number of halogens is 1. The first-order valence-corrected chi connectivity index (χ1v) is 5.80. The van der Waals surface area contributed by atoms with Crippen LogP contribution in [0.15, 0.2) is 36.8 Å². The minimum atomic E-state index is -0.369. The molecule has 1 aromatic heterocycles. The van der Waals surface area contributed by atoms with Crippen LogP contribution in [0.5, 0.6) is 0 Å². The quantitative estimate of drug-likeness (QED) is 0.812. The first kappa shape index (κ1) is 15.2. The molecular formula is C14H17ClN2O2. The number of hydrogen-bond acceptors (Lipinski definition) is 3. The number of aromatic nitrogens is 2. The summed E-state index contributed by atoms with van der Waals surface area (Å²) in [5.74, 6) is -0.369. The van der Waals surface area contributed by atoms with Crippen LogP contribution in [0.25, 0.3) is 0 Å². The number of methoxy groups -OCH3 is 1. The van der Waals surface area contributed by atoms with Gasteiger partial charge in [0.05, 0.1) is 25.7 Å². The number of imidazole rings is 1. The summed E-state index contributed by atoms with van der Waals surface area (Å²) in [6.45, 7) is 4.07. The minimum Gasteiger partial charge on any atom is -0.464 e. The molecule has 5 heteroatoms. The zero-order valence-corrected chi connectivity index (χ0v) is 12.0. The second-order valence-electron chi connectivity index (χ2n) is 4.26. The van der Waals surface area contributed by atoms with Crippen LogP contribution in [0, 0.1) is 6.92 Å². The van der Waals surface area contributed by atoms with Crippen LogP contribution in [-0.2, 0) is 4.74 Å². The summed E-state index contributed by atoms with van der Waals surface area (Å²) in [4.78, 5) is 15.6. The lowest BCUT2D eigenvalue weighted by molar-refractivity contribution is 0.0587. The summed E-state index contributed by atoms with van der Waals surface area (Å²) in [5, 5.41) is 0. The van der Waals surface area contributed by atoms with E-state index in [1.165, 1.54) is 18.9 Å². The molecule has 0 aliphatic carbocycles. The number of nitrogens with zero attached hydrogens (tertiary/aromatic N) is 2. The fourth-order valence-corrected chi connectivity index (χ4v) is 1.88. The molecule has 1 unspecified atom stereocenters. The van der Waals surface area contributed by atoms with E-state index in [4.69, 9.17) is 4.74 Å². The molecule has 1 atom stereocenters. The maximum atomic E-state index is 11.6. The van der Waals surface area contributed by atoms with Gasteiger partial charge in [0.15, 0.2) is 0 Å². The molecule has 1 heterocycles. The zero-order valence-electron chi connectivity index (χ0n) is 11.2. The fraction of sp³-hybridized carbons (Fsp3) is 0.286. The smallest absolute Gasteiger partial charge is 0.356 e. The Morgan fingerprint density at radius 2 is 1.95 bits per heavy atom. The number of aryl methyl sites for hydroxylation is 1. The highest BCUT2D eigenvalue weighted by Crippen LogP contribution is 2.20. The van der Waals surface area contributed by atoms with Crippen molar-refractivity contribution < 1.29 is 9.53 Å². The number of esters is 1. The third kappa shape index (κ3) is 3.15. The highest BCUT2D eigenvalue weighted by molar-refractivity contribution is 5.87. The van der Waals surface area contributed by atoms with Gasteiger partial charge in [-0.1, -0.05) is 29.8 Å². The molecule has 1 aromatic carbocycles. The minimum absolute atomic E-state index is 0. The van der Waals surface area contributed by atoms with Crippen LogP contribution < -0.4 is 0 Å². The molecule has 0 fully saturated rings. The average molecular weight is 281 g/mol. The molecule has 0 saturated heterocycles. The van der Waals surface area contributed by atoms with E-state index in [1.807, 2.05) is 18.4 Å². The number of ether oxygens (including phenoxy) is 1. The first-order chi connectivity index (χ1) is 8.63. The standard InChI is InChI=1S/C14H16N2O2.ClH/c1-10-4-6-12(7-5-10)11(2)16-9-15-8-13(16)14(17)18-3;/h4-9,11H,1-3H3;1H. The highest BCUT2D eigenvalue weighted by Gasteiger charge is 2.17. The number of rotatable bonds is 3. The van der Waals surface area contributed by atoms with Gasteiger partial charge < -0.3 is 9.30 Å². The number of carbonyl (C=O) groups is 1. The summed E-state index contributed by atoms with van der Waals surface area (Å²) >= 11 is 0. The predicted octanol–water partition coefficient (Wildman–Crippen LogP) is 3.01. The number of hydrogen-bond donors (Lipinski definition) is 0. The molecule has 19 heavy (non-hydrogen) atoms. The zero-order chi connectivity index (χ0) is 13.1. The van der Waals surface area contributed by atoms with E-state index < -0.39 is 0 Å². The lowest BCUT2D eigenvalue weighted by Crippen LogP contribution is -2.14. The lowest BCUT2D eigenvalue weighted by atomic mass is 10.1. The Morgan fingerprint density at radius 1 is 1.32 bits per heavy atom. The van der Waals surface area contributed by atoms with Gasteiger partial charge in [-0.2, -0.15) is 0 Å². The summed E-state index contributed by atoms with van der Waals surface area (Å²) < 4.78 is 6.56. The van der Waals surface area contributed by atoms with Gasteiger partial charge in [0.2, 0.25) is 0 Å². The van der Waals surface area contributed by atoms with Crippen molar-refractivity contribution in [1.29, 1.82) is 0 Å². The van der Waals surface area contributed by atoms with Crippen LogP contribution in [0.2, 0.25) is 0 Å². The van der Waals surface area contributed by atoms with Gasteiger partial charge in [-0.05, 0) is 19.4 Å². The Morgan fingerprint density at radius 3 is 2.53 bits per heavy atom. The Balaban J connectivity index is 0.00000180. The van der Waals surface area contributed by atoms with E-state index >= 15 is 0 Å². The van der Waals surface area contributed by atoms with E-state index in [2.05, 4.69) is 29.2 Å². The van der Waals surface area contributed by atoms with Crippen molar-refractivity contribution in [3.63, 3.8) is 0 Å². The monoisotopic (exact) mass is 280 g/mol. The van der Waals surface area contributed by atoms with Crippen molar-refractivity contribution in [1.82, 2.24) is 9.55 Å². The second kappa shape index (κ2) is 6.38. The van der Waals surface area contributed by atoms with Crippen LogP contribution >= 0.6 is 12.4 Å². The average Bonchev–Trinajstić information content (AvgIpc) is 2.87. The fourth-order valence-electron chi connectivity index (χ4n) is 1.88. The summed E-state index contributed by atoms with van der Waals surface area (Å²) in [7, 11) is 1.37. The van der Waals surface area contributed by atoms with Gasteiger partial charge in [-0.3, -0.25) is 0 Å². The second-order valence-corrected chi connectivity index (χ2v) is 4.26. The topological polar surface area (TPSA) is 44.1 Å². The van der Waals surface area contributed by atoms with Gasteiger partial charge in [-0.25, -0.2) is 9.78 Å². The molecule has 0 N–H and O–H groups in total. The van der Waals surface area contributed by atoms with Gasteiger partial charge in [0.1, 0.15) is 5.69 Å². The number of benzene rings is 1. The molecule has 0 amide bonds. The molecule has 2 aromatic rings. The van der Waals surface area contributed by atoms with Crippen LogP contribution in [0.1, 0.15) is 34.6 Å². The third-order valence-corrected chi connectivity index (χ3v) is 3.04. The van der Waals surface area contributed by atoms with Crippen LogP contribution in [-0.4, -0.2) is 22.6 Å². The van der Waals surface area contributed by atoms with Crippen molar-refractivity contribution in [3.8, 4) is 0 Å². The van der Waals surface area contributed by atoms with Crippen molar-refractivity contribution in [2.75, 3.05) is 7.11 Å². The Bertz CT molecular complexity index is 549. The van der Waals surface area contributed by atoms with Crippen LogP contribution in [0.4, 0.5) is 0 Å². The summed E-state index contributed by atoms with van der Waals surface area (Å²) in [6.07, 6.45) is 3.17. The molecule has 0 radical (unpaired) electrons. The van der Waals surface area contributed by atoms with E-state index in [1.54, 1.807) is 6.33 Å². The molecule has 102 valence electrons. The molecule has 2 rings (SSSR count). The Hall–Kier alpha value is -1.81. The summed E-state index contributed by atoms with van der Waals surface area (Å²) in [5.41, 5.74) is 2.80. The highest BCUT2D eigenvalue weighted by atomic mass is 35.5. The first-order valence-electron chi connectivity index (χ1n) is 5.80. The number of carbonyl (C=O) groups excluding carboxylic acids is 1. The lowest BCUT2D eigenvalue weighted by Gasteiger charge is -2.16. The molecule has 0 spiro atoms. The normalized spacial score (nSPS) is 11.5. The van der Waals surface area contributed by atoms with Crippen molar-refractivity contribution in [3.05, 3.63) is 53.6 Å². The van der Waals surface area contributed by atoms with E-state index in [0.29, 0.717) is 5.69 Å². The van der Waals surface area contributed by atoms with E-state index in [-0.39, 0.29) is 24.4 Å². The third-order valence-electron chi connectivity index (χ3n) is 3.04. The predicted molar refractivity (Wildman–Crippen MR) is 75.8 cm³/mol. The molecule has 0 aliphatic rings. The Labute approximate surface area is 118 Å². The molecule has 4 nitrogen and oxygen atoms in total. The maximum absolute atomic E-state index is 11.6. The van der Waals surface area contributed by atoms with Crippen molar-refractivity contribution in [2.24, 2.45) is 0 Å².